The smallest absolute Gasteiger partial charge is 0.298 e. The van der Waals surface area contributed by atoms with Crippen LogP contribution in [0.5, 0.6) is 11.5 Å². The van der Waals surface area contributed by atoms with Crippen molar-refractivity contribution in [2.45, 2.75) is 88.6 Å². The van der Waals surface area contributed by atoms with Gasteiger partial charge in [-0.1, -0.05) is 89.0 Å². The predicted octanol–water partition coefficient (Wildman–Crippen LogP) is 8.50. The lowest BCUT2D eigenvalue weighted by Crippen LogP contribution is -2.20. The maximum atomic E-state index is 13.5. The van der Waals surface area contributed by atoms with E-state index in [-0.39, 0.29) is 4.90 Å². The average Bonchev–Trinajstić information content (AvgIpc) is 3.01. The third-order valence-corrected chi connectivity index (χ3v) is 8.58. The second-order valence-electron chi connectivity index (χ2n) is 10.4. The van der Waals surface area contributed by atoms with Crippen LogP contribution in [0.1, 0.15) is 98.7 Å². The summed E-state index contributed by atoms with van der Waals surface area (Å²) in [5, 5.41) is 0. The fraction of sp³-hybridized carbons (Fsp3) is 0.441. The van der Waals surface area contributed by atoms with E-state index in [0.717, 1.165) is 18.4 Å². The molecular weight excluding hydrogens is 536 g/mol. The number of methoxy groups -OCH3 is 2. The third kappa shape index (κ3) is 10.3. The molecule has 1 unspecified atom stereocenters. The van der Waals surface area contributed by atoms with Gasteiger partial charge in [-0.3, -0.25) is 4.79 Å². The molecular formula is C34H44O6S. The van der Waals surface area contributed by atoms with Crippen LogP contribution in [0.25, 0.3) is 0 Å². The van der Waals surface area contributed by atoms with Gasteiger partial charge in [0.2, 0.25) is 0 Å². The Hall–Kier alpha value is -3.16. The first-order chi connectivity index (χ1) is 19.9. The van der Waals surface area contributed by atoms with Gasteiger partial charge in [0, 0.05) is 5.56 Å². The maximum absolute atomic E-state index is 13.5. The fourth-order valence-electron chi connectivity index (χ4n) is 4.76. The number of unbranched alkanes of at least 4 members (excludes halogenated alkanes) is 9. The van der Waals surface area contributed by atoms with Crippen LogP contribution in [0.4, 0.5) is 0 Å². The zero-order chi connectivity index (χ0) is 29.5. The largest absolute Gasteiger partial charge is 0.497 e. The van der Waals surface area contributed by atoms with Gasteiger partial charge in [-0.15, -0.1) is 0 Å². The number of carbonyl (C=O) groups excluding carboxylic acids is 1. The van der Waals surface area contributed by atoms with Crippen LogP contribution < -0.4 is 9.47 Å². The number of hydrogen-bond donors (Lipinski definition) is 0. The van der Waals surface area contributed by atoms with Crippen LogP contribution in [-0.4, -0.2) is 28.4 Å². The molecule has 7 heteroatoms. The number of carbonyl (C=O) groups is 1. The van der Waals surface area contributed by atoms with Gasteiger partial charge in [-0.2, -0.15) is 8.42 Å². The SMILES string of the molecule is CCCCCCCCCCCCc1ccc(S(=O)(=O)OC(C(=O)c2ccc(OC)cc2)c2ccc(OC)cc2)cc1. The molecule has 3 rings (SSSR count). The minimum absolute atomic E-state index is 0.0189. The number of Topliss-reactive ketones (excluding diaryl/α,β-unsaturated/α-hetero) is 1. The Morgan fingerprint density at radius 3 is 1.66 bits per heavy atom. The second kappa shape index (κ2) is 16.9. The summed E-state index contributed by atoms with van der Waals surface area (Å²) in [4.78, 5) is 13.5. The number of hydrogen-bond acceptors (Lipinski definition) is 6. The minimum atomic E-state index is -4.23. The summed E-state index contributed by atoms with van der Waals surface area (Å²) < 4.78 is 42.6. The van der Waals surface area contributed by atoms with E-state index in [1.54, 1.807) is 60.7 Å². The first-order valence-electron chi connectivity index (χ1n) is 14.7. The van der Waals surface area contributed by atoms with E-state index < -0.39 is 22.0 Å². The number of rotatable bonds is 19. The summed E-state index contributed by atoms with van der Waals surface area (Å²) in [7, 11) is -1.15. The van der Waals surface area contributed by atoms with Gasteiger partial charge in [0.25, 0.3) is 10.1 Å². The highest BCUT2D eigenvalue weighted by Gasteiger charge is 2.30. The number of benzene rings is 3. The molecule has 0 saturated heterocycles. The van der Waals surface area contributed by atoms with Crippen molar-refractivity contribution in [1.82, 2.24) is 0 Å². The molecule has 0 aromatic heterocycles. The maximum Gasteiger partial charge on any atom is 0.298 e. The number of ether oxygens (including phenoxy) is 2. The minimum Gasteiger partial charge on any atom is -0.497 e. The lowest BCUT2D eigenvalue weighted by molar-refractivity contribution is 0.0801. The van der Waals surface area contributed by atoms with E-state index in [1.165, 1.54) is 72.0 Å². The highest BCUT2D eigenvalue weighted by molar-refractivity contribution is 7.86. The molecule has 0 aliphatic carbocycles. The van der Waals surface area contributed by atoms with Crippen LogP contribution in [0.2, 0.25) is 0 Å². The van der Waals surface area contributed by atoms with Crippen molar-refractivity contribution in [3.05, 3.63) is 89.5 Å². The van der Waals surface area contributed by atoms with Gasteiger partial charge >= 0.3 is 0 Å². The fourth-order valence-corrected chi connectivity index (χ4v) is 5.79. The summed E-state index contributed by atoms with van der Waals surface area (Å²) >= 11 is 0. The van der Waals surface area contributed by atoms with E-state index in [2.05, 4.69) is 6.92 Å². The Labute approximate surface area is 246 Å². The normalized spacial score (nSPS) is 12.2. The molecule has 0 bridgehead atoms. The highest BCUT2D eigenvalue weighted by atomic mass is 32.2. The number of aryl methyl sites for hydroxylation is 1. The first-order valence-corrected chi connectivity index (χ1v) is 16.1. The van der Waals surface area contributed by atoms with E-state index in [0.29, 0.717) is 22.6 Å². The van der Waals surface area contributed by atoms with Gasteiger partial charge in [0.05, 0.1) is 19.1 Å². The van der Waals surface area contributed by atoms with Crippen molar-refractivity contribution in [2.24, 2.45) is 0 Å². The summed E-state index contributed by atoms with van der Waals surface area (Å²) in [5.74, 6) is 0.707. The van der Waals surface area contributed by atoms with Crippen molar-refractivity contribution < 1.29 is 26.9 Å². The lowest BCUT2D eigenvalue weighted by Gasteiger charge is -2.18. The molecule has 0 aliphatic rings. The van der Waals surface area contributed by atoms with E-state index in [9.17, 15) is 13.2 Å². The van der Waals surface area contributed by atoms with Crippen molar-refractivity contribution >= 4 is 15.9 Å². The molecule has 0 saturated carbocycles. The van der Waals surface area contributed by atoms with Gasteiger partial charge in [-0.25, -0.2) is 4.18 Å². The average molecular weight is 581 g/mol. The molecule has 0 spiro atoms. The molecule has 0 radical (unpaired) electrons. The van der Waals surface area contributed by atoms with Crippen LogP contribution in [0.15, 0.2) is 77.7 Å². The van der Waals surface area contributed by atoms with Crippen LogP contribution in [-0.2, 0) is 20.7 Å². The Balaban J connectivity index is 1.61. The number of ketones is 1. The molecule has 0 aliphatic heterocycles. The van der Waals surface area contributed by atoms with Crippen LogP contribution in [0, 0.1) is 0 Å². The molecule has 0 heterocycles. The van der Waals surface area contributed by atoms with Gasteiger partial charge < -0.3 is 9.47 Å². The molecule has 0 fully saturated rings. The van der Waals surface area contributed by atoms with Crippen molar-refractivity contribution in [2.75, 3.05) is 14.2 Å². The van der Waals surface area contributed by atoms with E-state index in [4.69, 9.17) is 13.7 Å². The molecule has 3 aromatic carbocycles. The first kappa shape index (κ1) is 32.4. The Kier molecular flexibility index (Phi) is 13.4. The van der Waals surface area contributed by atoms with Gasteiger partial charge in [-0.05, 0) is 72.5 Å². The molecule has 222 valence electrons. The highest BCUT2D eigenvalue weighted by Crippen LogP contribution is 2.30. The molecule has 3 aromatic rings. The molecule has 0 amide bonds. The Bertz CT molecular complexity index is 1280. The topological polar surface area (TPSA) is 78.9 Å². The van der Waals surface area contributed by atoms with Crippen molar-refractivity contribution in [3.63, 3.8) is 0 Å². The third-order valence-electron chi connectivity index (χ3n) is 7.29. The van der Waals surface area contributed by atoms with Gasteiger partial charge in [0.1, 0.15) is 11.5 Å². The summed E-state index contributed by atoms with van der Waals surface area (Å²) in [6.45, 7) is 2.24. The molecule has 1 atom stereocenters. The summed E-state index contributed by atoms with van der Waals surface area (Å²) in [6.07, 6.45) is 12.3. The van der Waals surface area contributed by atoms with Gasteiger partial charge in [0.15, 0.2) is 11.9 Å². The molecule has 0 N–H and O–H groups in total. The quantitative estimate of drug-likeness (QED) is 0.0804. The molecule has 41 heavy (non-hydrogen) atoms. The Morgan fingerprint density at radius 1 is 0.659 bits per heavy atom. The zero-order valence-corrected chi connectivity index (χ0v) is 25.5. The van der Waals surface area contributed by atoms with Crippen LogP contribution >= 0.6 is 0 Å². The summed E-state index contributed by atoms with van der Waals surface area (Å²) in [6, 6.07) is 19.9. The van der Waals surface area contributed by atoms with E-state index >= 15 is 0 Å². The van der Waals surface area contributed by atoms with Crippen LogP contribution in [0.3, 0.4) is 0 Å². The Morgan fingerprint density at radius 2 is 1.15 bits per heavy atom. The van der Waals surface area contributed by atoms with Crippen molar-refractivity contribution in [3.8, 4) is 11.5 Å². The monoisotopic (exact) mass is 580 g/mol. The lowest BCUT2D eigenvalue weighted by atomic mass is 10.00. The summed E-state index contributed by atoms with van der Waals surface area (Å²) in [5.41, 5.74) is 1.81. The van der Waals surface area contributed by atoms with E-state index in [1.807, 2.05) is 12.1 Å². The van der Waals surface area contributed by atoms with Crippen molar-refractivity contribution in [1.29, 1.82) is 0 Å². The second-order valence-corrected chi connectivity index (χ2v) is 11.9. The standard InChI is InChI=1S/C34H44O6S/c1-4-5-6-7-8-9-10-11-12-13-14-27-15-25-32(26-16-27)41(36,37)40-34(29-19-23-31(39-3)24-20-29)33(35)28-17-21-30(38-2)22-18-28/h15-26,34H,4-14H2,1-3H3. The predicted molar refractivity (Wildman–Crippen MR) is 163 cm³/mol. The zero-order valence-electron chi connectivity index (χ0n) is 24.6. The molecule has 6 nitrogen and oxygen atoms in total.